The second-order valence-corrected chi connectivity index (χ2v) is 7.34. The third-order valence-electron chi connectivity index (χ3n) is 5.48. The van der Waals surface area contributed by atoms with Gasteiger partial charge in [0.25, 0.3) is 0 Å². The largest absolute Gasteiger partial charge is 0.357 e. The molecule has 1 aliphatic heterocycles. The smallest absolute Gasteiger partial charge is 0.191 e. The van der Waals surface area contributed by atoms with Gasteiger partial charge < -0.3 is 15.5 Å². The number of nitrogens with one attached hydrogen (secondary N) is 2. The number of nitrogens with zero attached hydrogens (tertiary/aromatic N) is 2. The van der Waals surface area contributed by atoms with Crippen LogP contribution in [0, 0.1) is 11.8 Å². The zero-order valence-electron chi connectivity index (χ0n) is 15.4. The van der Waals surface area contributed by atoms with Crippen molar-refractivity contribution >= 4 is 5.96 Å². The van der Waals surface area contributed by atoms with Crippen LogP contribution in [0.3, 0.4) is 0 Å². The highest BCUT2D eigenvalue weighted by molar-refractivity contribution is 5.79. The standard InChI is InChI=1S/C19H38N4/c1-3-20-19(22-15-18-12-14-23(4-2)16-18)21-13-8-7-11-17-9-5-6-10-17/h17-18H,3-16H2,1-2H3,(H2,20,21,22). The van der Waals surface area contributed by atoms with Crippen molar-refractivity contribution in [1.29, 1.82) is 0 Å². The quantitative estimate of drug-likeness (QED) is 0.389. The van der Waals surface area contributed by atoms with Gasteiger partial charge in [-0.25, -0.2) is 0 Å². The predicted molar refractivity (Wildman–Crippen MR) is 100 cm³/mol. The highest BCUT2D eigenvalue weighted by Crippen LogP contribution is 2.28. The Morgan fingerprint density at radius 3 is 2.57 bits per heavy atom. The summed E-state index contributed by atoms with van der Waals surface area (Å²) < 4.78 is 0. The minimum atomic E-state index is 0.743. The van der Waals surface area contributed by atoms with E-state index in [-0.39, 0.29) is 0 Å². The Balaban J connectivity index is 1.59. The number of guanidine groups is 1. The van der Waals surface area contributed by atoms with Gasteiger partial charge in [0, 0.05) is 26.2 Å². The molecule has 1 atom stereocenters. The fraction of sp³-hybridized carbons (Fsp3) is 0.947. The maximum absolute atomic E-state index is 4.81. The van der Waals surface area contributed by atoms with Crippen molar-refractivity contribution in [1.82, 2.24) is 15.5 Å². The molecular formula is C19H38N4. The molecule has 134 valence electrons. The van der Waals surface area contributed by atoms with Crippen LogP contribution in [0.15, 0.2) is 4.99 Å². The average Bonchev–Trinajstić information content (AvgIpc) is 3.23. The molecule has 2 N–H and O–H groups in total. The number of unbranched alkanes of at least 4 members (excludes halogenated alkanes) is 1. The summed E-state index contributed by atoms with van der Waals surface area (Å²) in [5, 5.41) is 6.91. The second kappa shape index (κ2) is 10.9. The fourth-order valence-corrected chi connectivity index (χ4v) is 3.98. The normalized spacial score (nSPS) is 23.6. The Morgan fingerprint density at radius 1 is 1.04 bits per heavy atom. The molecule has 1 saturated carbocycles. The van der Waals surface area contributed by atoms with Crippen LogP contribution in [0.25, 0.3) is 0 Å². The van der Waals surface area contributed by atoms with E-state index in [0.29, 0.717) is 0 Å². The van der Waals surface area contributed by atoms with E-state index in [1.54, 1.807) is 0 Å². The van der Waals surface area contributed by atoms with Crippen LogP contribution in [-0.4, -0.2) is 50.1 Å². The van der Waals surface area contributed by atoms with E-state index < -0.39 is 0 Å². The van der Waals surface area contributed by atoms with Crippen molar-refractivity contribution in [3.8, 4) is 0 Å². The Labute approximate surface area is 143 Å². The van der Waals surface area contributed by atoms with Gasteiger partial charge in [0.2, 0.25) is 0 Å². The minimum Gasteiger partial charge on any atom is -0.357 e. The number of aliphatic imine (C=N–C) groups is 1. The average molecular weight is 323 g/mol. The highest BCUT2D eigenvalue weighted by atomic mass is 15.2. The van der Waals surface area contributed by atoms with E-state index in [1.807, 2.05) is 0 Å². The van der Waals surface area contributed by atoms with Crippen molar-refractivity contribution in [2.45, 2.75) is 65.2 Å². The third-order valence-corrected chi connectivity index (χ3v) is 5.48. The second-order valence-electron chi connectivity index (χ2n) is 7.34. The molecule has 23 heavy (non-hydrogen) atoms. The molecule has 2 fully saturated rings. The first-order valence-electron chi connectivity index (χ1n) is 10.1. The number of likely N-dealkylation sites (tertiary alicyclic amines) is 1. The van der Waals surface area contributed by atoms with E-state index in [9.17, 15) is 0 Å². The van der Waals surface area contributed by atoms with Crippen molar-refractivity contribution in [3.63, 3.8) is 0 Å². The lowest BCUT2D eigenvalue weighted by Gasteiger charge is -2.14. The molecule has 1 saturated heterocycles. The highest BCUT2D eigenvalue weighted by Gasteiger charge is 2.20. The van der Waals surface area contributed by atoms with Gasteiger partial charge in [-0.3, -0.25) is 4.99 Å². The summed E-state index contributed by atoms with van der Waals surface area (Å²) in [5.74, 6) is 2.79. The molecule has 0 bridgehead atoms. The summed E-state index contributed by atoms with van der Waals surface area (Å²) >= 11 is 0. The lowest BCUT2D eigenvalue weighted by Crippen LogP contribution is -2.38. The Bertz CT molecular complexity index is 336. The number of hydrogen-bond donors (Lipinski definition) is 2. The maximum Gasteiger partial charge on any atom is 0.191 e. The van der Waals surface area contributed by atoms with Crippen molar-refractivity contribution < 1.29 is 0 Å². The summed E-state index contributed by atoms with van der Waals surface area (Å²) in [6.45, 7) is 11.0. The van der Waals surface area contributed by atoms with E-state index in [2.05, 4.69) is 29.4 Å². The van der Waals surface area contributed by atoms with Crippen molar-refractivity contribution in [3.05, 3.63) is 0 Å². The zero-order valence-corrected chi connectivity index (χ0v) is 15.4. The molecular weight excluding hydrogens is 284 g/mol. The molecule has 2 aliphatic rings. The Hall–Kier alpha value is -0.770. The molecule has 0 aromatic heterocycles. The monoisotopic (exact) mass is 322 g/mol. The van der Waals surface area contributed by atoms with Crippen LogP contribution in [0.4, 0.5) is 0 Å². The van der Waals surface area contributed by atoms with Gasteiger partial charge in [0.05, 0.1) is 0 Å². The van der Waals surface area contributed by atoms with Crippen LogP contribution >= 0.6 is 0 Å². The molecule has 4 nitrogen and oxygen atoms in total. The van der Waals surface area contributed by atoms with Gasteiger partial charge in [-0.15, -0.1) is 0 Å². The molecule has 1 unspecified atom stereocenters. The Kier molecular flexibility index (Phi) is 8.80. The number of hydrogen-bond acceptors (Lipinski definition) is 2. The Morgan fingerprint density at radius 2 is 1.87 bits per heavy atom. The molecule has 4 heteroatoms. The third kappa shape index (κ3) is 7.11. The summed E-state index contributed by atoms with van der Waals surface area (Å²) in [5.41, 5.74) is 0. The van der Waals surface area contributed by atoms with E-state index >= 15 is 0 Å². The van der Waals surface area contributed by atoms with Gasteiger partial charge in [-0.05, 0) is 44.7 Å². The van der Waals surface area contributed by atoms with E-state index in [0.717, 1.165) is 37.4 Å². The van der Waals surface area contributed by atoms with Gasteiger partial charge in [0.1, 0.15) is 0 Å². The van der Waals surface area contributed by atoms with Gasteiger partial charge in [0.15, 0.2) is 5.96 Å². The van der Waals surface area contributed by atoms with Gasteiger partial charge >= 0.3 is 0 Å². The van der Waals surface area contributed by atoms with E-state index in [1.165, 1.54) is 71.0 Å². The molecule has 0 radical (unpaired) electrons. The predicted octanol–water partition coefficient (Wildman–Crippen LogP) is 3.24. The molecule has 2 rings (SSSR count). The summed E-state index contributed by atoms with van der Waals surface area (Å²) in [7, 11) is 0. The molecule has 1 aliphatic carbocycles. The summed E-state index contributed by atoms with van der Waals surface area (Å²) in [6, 6.07) is 0. The molecule has 0 aromatic carbocycles. The molecule has 0 amide bonds. The first-order chi connectivity index (χ1) is 11.3. The molecule has 1 heterocycles. The van der Waals surface area contributed by atoms with Crippen LogP contribution in [0.5, 0.6) is 0 Å². The van der Waals surface area contributed by atoms with Crippen LogP contribution in [-0.2, 0) is 0 Å². The summed E-state index contributed by atoms with van der Waals surface area (Å²) in [4.78, 5) is 7.34. The van der Waals surface area contributed by atoms with Crippen molar-refractivity contribution in [2.24, 2.45) is 16.8 Å². The first kappa shape index (κ1) is 18.6. The first-order valence-corrected chi connectivity index (χ1v) is 10.1. The van der Waals surface area contributed by atoms with Gasteiger partial charge in [-0.2, -0.15) is 0 Å². The van der Waals surface area contributed by atoms with E-state index in [4.69, 9.17) is 4.99 Å². The lowest BCUT2D eigenvalue weighted by atomic mass is 10.0. The minimum absolute atomic E-state index is 0.743. The SMILES string of the molecule is CCNC(=NCC1CCN(CC)C1)NCCCCC1CCCC1. The summed E-state index contributed by atoms with van der Waals surface area (Å²) in [6.07, 6.45) is 11.3. The fourth-order valence-electron chi connectivity index (χ4n) is 3.98. The zero-order chi connectivity index (χ0) is 16.3. The maximum atomic E-state index is 4.81. The van der Waals surface area contributed by atoms with Crippen LogP contribution in [0.1, 0.15) is 65.2 Å². The van der Waals surface area contributed by atoms with Crippen molar-refractivity contribution in [2.75, 3.05) is 39.3 Å². The lowest BCUT2D eigenvalue weighted by molar-refractivity contribution is 0.343. The van der Waals surface area contributed by atoms with Gasteiger partial charge in [-0.1, -0.05) is 45.4 Å². The van der Waals surface area contributed by atoms with Crippen LogP contribution in [0.2, 0.25) is 0 Å². The van der Waals surface area contributed by atoms with Crippen LogP contribution < -0.4 is 10.6 Å². The molecule has 0 aromatic rings. The molecule has 0 spiro atoms. The topological polar surface area (TPSA) is 39.7 Å². The number of rotatable bonds is 9.